The highest BCUT2D eigenvalue weighted by atomic mass is 31.2. The van der Waals surface area contributed by atoms with Gasteiger partial charge < -0.3 is 19.8 Å². The van der Waals surface area contributed by atoms with Crippen LogP contribution in [0.5, 0.6) is 0 Å². The number of carbonyl (C=O) groups is 1. The number of rotatable bonds is 39. The molecule has 0 radical (unpaired) electrons. The Labute approximate surface area is 310 Å². The van der Waals surface area contributed by atoms with E-state index in [9.17, 15) is 19.4 Å². The quantitative estimate of drug-likeness (QED) is 0.0330. The minimum atomic E-state index is -4.29. The molecule has 9 heteroatoms. The van der Waals surface area contributed by atoms with E-state index in [1.54, 1.807) is 0 Å². The fourth-order valence-corrected chi connectivity index (χ4v) is 7.13. The van der Waals surface area contributed by atoms with Gasteiger partial charge in [0.15, 0.2) is 0 Å². The highest BCUT2D eigenvalue weighted by Gasteiger charge is 2.28. The maximum atomic E-state index is 12.6. The van der Waals surface area contributed by atoms with Crippen LogP contribution < -0.4 is 5.32 Å². The average molecular weight is 734 g/mol. The molecule has 0 aromatic carbocycles. The number of amides is 1. The van der Waals surface area contributed by atoms with E-state index < -0.39 is 20.0 Å². The van der Waals surface area contributed by atoms with Gasteiger partial charge in [-0.15, -0.1) is 0 Å². The zero-order valence-electron chi connectivity index (χ0n) is 33.9. The second-order valence-corrected chi connectivity index (χ2v) is 17.5. The van der Waals surface area contributed by atoms with E-state index in [2.05, 4.69) is 19.2 Å². The van der Waals surface area contributed by atoms with Crippen LogP contribution in [-0.2, 0) is 18.4 Å². The molecule has 1 amide bonds. The van der Waals surface area contributed by atoms with Crippen LogP contribution in [0.3, 0.4) is 0 Å². The standard InChI is InChI=1S/C41H85N2O6P/c1-6-8-10-12-13-14-15-16-17-18-19-20-21-22-23-24-25-26-27-28-29-30-31-32-34-40(44)39(42-41(45)35-33-11-9-7-2)38-49-50(46,47)48-37-36-43(3,4)5/h39-40,44H,6-38H2,1-5H3,(H-,42,45,46,47)/p+1. The highest BCUT2D eigenvalue weighted by Crippen LogP contribution is 2.43. The summed E-state index contributed by atoms with van der Waals surface area (Å²) in [7, 11) is 1.62. The van der Waals surface area contributed by atoms with Crippen LogP contribution >= 0.6 is 7.82 Å². The minimum Gasteiger partial charge on any atom is -0.391 e. The van der Waals surface area contributed by atoms with E-state index in [-0.39, 0.29) is 19.1 Å². The topological polar surface area (TPSA) is 105 Å². The molecule has 0 saturated carbocycles. The van der Waals surface area contributed by atoms with Crippen molar-refractivity contribution in [2.75, 3.05) is 40.9 Å². The number of carbonyl (C=O) groups excluding carboxylic acids is 1. The number of unbranched alkanes of at least 4 members (excludes halogenated alkanes) is 26. The summed E-state index contributed by atoms with van der Waals surface area (Å²) in [4.78, 5) is 22.7. The molecule has 0 bridgehead atoms. The second-order valence-electron chi connectivity index (χ2n) is 16.1. The summed E-state index contributed by atoms with van der Waals surface area (Å²) in [6.07, 6.45) is 36.3. The van der Waals surface area contributed by atoms with Gasteiger partial charge in [-0.1, -0.05) is 187 Å². The normalized spacial score (nSPS) is 14.5. The van der Waals surface area contributed by atoms with Crippen molar-refractivity contribution in [2.24, 2.45) is 0 Å². The monoisotopic (exact) mass is 734 g/mol. The first-order valence-corrected chi connectivity index (χ1v) is 22.9. The zero-order chi connectivity index (χ0) is 37.2. The third-order valence-electron chi connectivity index (χ3n) is 9.86. The van der Waals surface area contributed by atoms with E-state index in [0.29, 0.717) is 23.9 Å². The van der Waals surface area contributed by atoms with Gasteiger partial charge in [0.05, 0.1) is 39.9 Å². The van der Waals surface area contributed by atoms with Crippen molar-refractivity contribution in [3.8, 4) is 0 Å². The Morgan fingerprint density at radius 3 is 1.34 bits per heavy atom. The molecule has 8 nitrogen and oxygen atoms in total. The Hall–Kier alpha value is -0.500. The number of aliphatic hydroxyl groups excluding tert-OH is 1. The van der Waals surface area contributed by atoms with Gasteiger partial charge in [0, 0.05) is 6.42 Å². The van der Waals surface area contributed by atoms with E-state index in [4.69, 9.17) is 9.05 Å². The van der Waals surface area contributed by atoms with Gasteiger partial charge in [-0.2, -0.15) is 0 Å². The van der Waals surface area contributed by atoms with Crippen LogP contribution in [0.15, 0.2) is 0 Å². The summed E-state index contributed by atoms with van der Waals surface area (Å²) in [5.74, 6) is -0.160. The van der Waals surface area contributed by atoms with Gasteiger partial charge in [-0.05, 0) is 12.8 Å². The fourth-order valence-electron chi connectivity index (χ4n) is 6.40. The molecule has 3 N–H and O–H groups in total. The van der Waals surface area contributed by atoms with Gasteiger partial charge in [-0.3, -0.25) is 13.8 Å². The number of hydrogen-bond donors (Lipinski definition) is 3. The van der Waals surface area contributed by atoms with Gasteiger partial charge in [0.2, 0.25) is 5.91 Å². The summed E-state index contributed by atoms with van der Waals surface area (Å²) in [6.45, 7) is 4.78. The third kappa shape index (κ3) is 35.9. The molecule has 0 aliphatic rings. The number of quaternary nitrogens is 1. The first-order valence-electron chi connectivity index (χ1n) is 21.4. The molecule has 50 heavy (non-hydrogen) atoms. The minimum absolute atomic E-state index is 0.0772. The Morgan fingerprint density at radius 1 is 0.600 bits per heavy atom. The lowest BCUT2D eigenvalue weighted by Crippen LogP contribution is -2.46. The predicted octanol–water partition coefficient (Wildman–Crippen LogP) is 11.4. The number of phosphoric ester groups is 1. The molecule has 0 rings (SSSR count). The second kappa shape index (κ2) is 34.3. The lowest BCUT2D eigenvalue weighted by atomic mass is 10.0. The first-order chi connectivity index (χ1) is 24.0. The van der Waals surface area contributed by atoms with Crippen LogP contribution in [0.1, 0.15) is 206 Å². The van der Waals surface area contributed by atoms with E-state index >= 15 is 0 Å². The number of nitrogens with one attached hydrogen (secondary N) is 1. The summed E-state index contributed by atoms with van der Waals surface area (Å²) in [6, 6.07) is -0.749. The van der Waals surface area contributed by atoms with Crippen molar-refractivity contribution >= 4 is 13.7 Å². The highest BCUT2D eigenvalue weighted by molar-refractivity contribution is 7.47. The Morgan fingerprint density at radius 2 is 0.960 bits per heavy atom. The zero-order valence-corrected chi connectivity index (χ0v) is 34.8. The van der Waals surface area contributed by atoms with Crippen LogP contribution in [-0.4, -0.2) is 73.4 Å². The van der Waals surface area contributed by atoms with Crippen molar-refractivity contribution in [2.45, 2.75) is 219 Å². The van der Waals surface area contributed by atoms with Crippen LogP contribution in [0.2, 0.25) is 0 Å². The molecule has 0 aliphatic carbocycles. The van der Waals surface area contributed by atoms with E-state index in [1.165, 1.54) is 135 Å². The molecule has 300 valence electrons. The van der Waals surface area contributed by atoms with E-state index in [1.807, 2.05) is 21.1 Å². The maximum absolute atomic E-state index is 12.6. The smallest absolute Gasteiger partial charge is 0.391 e. The molecule has 0 fully saturated rings. The van der Waals surface area contributed by atoms with Crippen LogP contribution in [0.4, 0.5) is 0 Å². The molecule has 0 spiro atoms. The molecule has 0 heterocycles. The molecule has 3 unspecified atom stereocenters. The lowest BCUT2D eigenvalue weighted by Gasteiger charge is -2.26. The van der Waals surface area contributed by atoms with Gasteiger partial charge in [0.25, 0.3) is 0 Å². The Bertz CT molecular complexity index is 794. The number of likely N-dealkylation sites (N-methyl/N-ethyl adjacent to an activating group) is 1. The molecule has 0 saturated heterocycles. The lowest BCUT2D eigenvalue weighted by molar-refractivity contribution is -0.870. The van der Waals surface area contributed by atoms with Crippen molar-refractivity contribution < 1.29 is 32.9 Å². The van der Waals surface area contributed by atoms with E-state index in [0.717, 1.165) is 44.9 Å². The van der Waals surface area contributed by atoms with Crippen molar-refractivity contribution in [1.29, 1.82) is 0 Å². The van der Waals surface area contributed by atoms with Crippen LogP contribution in [0.25, 0.3) is 0 Å². The van der Waals surface area contributed by atoms with Crippen molar-refractivity contribution in [3.05, 3.63) is 0 Å². The maximum Gasteiger partial charge on any atom is 0.472 e. The summed E-state index contributed by atoms with van der Waals surface area (Å²) in [5.41, 5.74) is 0. The molecule has 0 aromatic heterocycles. The number of aliphatic hydroxyl groups is 1. The molecular formula is C41H86N2O6P+. The average Bonchev–Trinajstić information content (AvgIpc) is 3.06. The largest absolute Gasteiger partial charge is 0.472 e. The first kappa shape index (κ1) is 49.5. The molecular weight excluding hydrogens is 647 g/mol. The molecule has 0 aliphatic heterocycles. The van der Waals surface area contributed by atoms with Gasteiger partial charge >= 0.3 is 7.82 Å². The predicted molar refractivity (Wildman–Crippen MR) is 212 cm³/mol. The van der Waals surface area contributed by atoms with Crippen LogP contribution in [0, 0.1) is 0 Å². The Kier molecular flexibility index (Phi) is 33.9. The number of hydrogen-bond acceptors (Lipinski definition) is 5. The summed E-state index contributed by atoms with van der Waals surface area (Å²) >= 11 is 0. The number of nitrogens with zero attached hydrogens (tertiary/aromatic N) is 1. The number of phosphoric acid groups is 1. The molecule has 0 aromatic rings. The van der Waals surface area contributed by atoms with Crippen molar-refractivity contribution in [3.63, 3.8) is 0 Å². The van der Waals surface area contributed by atoms with Gasteiger partial charge in [-0.25, -0.2) is 4.57 Å². The third-order valence-corrected chi connectivity index (χ3v) is 10.8. The van der Waals surface area contributed by atoms with Crippen molar-refractivity contribution in [1.82, 2.24) is 5.32 Å². The SMILES string of the molecule is CCCCCCCCCCCCCCCCCCCCCCCCCCC(O)C(COP(=O)(O)OCC[N+](C)(C)C)NC(=O)CCCCCC. The van der Waals surface area contributed by atoms with Gasteiger partial charge in [0.1, 0.15) is 13.2 Å². The Balaban J connectivity index is 3.96. The summed E-state index contributed by atoms with van der Waals surface area (Å²) < 4.78 is 23.4. The fraction of sp³-hybridized carbons (Fsp3) is 0.976. The summed E-state index contributed by atoms with van der Waals surface area (Å²) in [5, 5.41) is 13.8. The molecule has 3 atom stereocenters.